The first-order valence-corrected chi connectivity index (χ1v) is 16.4. The fourth-order valence-corrected chi connectivity index (χ4v) is 7.20. The number of aliphatic carboxylic acids is 1. The SMILES string of the molecule is COc1cccc2c1C(=O)c1c(O)c3c(c(O)c1C2=O)C[C@@](O)(C(C)=O)C[C@@H]3O[C@H]1C[C@H](NC(=O)O[C@@H]2O[C@H](C(=O)[O-])[C@@H](O)[C@H](O)[C@H]2O)[C@H](O)[C@H](C)O1.[Na+]. The van der Waals surface area contributed by atoms with Crippen molar-refractivity contribution in [2.45, 2.75) is 100 Å². The van der Waals surface area contributed by atoms with Gasteiger partial charge in [0.05, 0.1) is 48.0 Å². The Morgan fingerprint density at radius 2 is 1.61 bits per heavy atom. The summed E-state index contributed by atoms with van der Waals surface area (Å²) in [5, 5.41) is 89.1. The Hall–Kier alpha value is -3.73. The summed E-state index contributed by atoms with van der Waals surface area (Å²) >= 11 is 0. The zero-order chi connectivity index (χ0) is 38.8. The van der Waals surface area contributed by atoms with Gasteiger partial charge in [-0.2, -0.15) is 0 Å². The Balaban J connectivity index is 0.00000561. The number of hydrogen-bond donors (Lipinski definition) is 8. The molecule has 0 aromatic heterocycles. The second-order valence-electron chi connectivity index (χ2n) is 13.3. The van der Waals surface area contributed by atoms with Crippen molar-refractivity contribution in [1.82, 2.24) is 5.32 Å². The summed E-state index contributed by atoms with van der Waals surface area (Å²) in [5.41, 5.74) is -4.08. The average Bonchev–Trinajstić information content (AvgIpc) is 3.10. The summed E-state index contributed by atoms with van der Waals surface area (Å²) in [5.74, 6) is -5.92. The number of phenolic OH excluding ortho intramolecular Hbond substituents is 2. The van der Waals surface area contributed by atoms with Gasteiger partial charge in [0, 0.05) is 36.0 Å². The number of aromatic hydroxyl groups is 2. The van der Waals surface area contributed by atoms with E-state index in [2.05, 4.69) is 5.32 Å². The van der Waals surface area contributed by atoms with Gasteiger partial charge >= 0.3 is 35.7 Å². The van der Waals surface area contributed by atoms with Gasteiger partial charge in [0.25, 0.3) is 0 Å². The molecule has 11 atom stereocenters. The predicted molar refractivity (Wildman–Crippen MR) is 167 cm³/mol. The van der Waals surface area contributed by atoms with E-state index in [1.165, 1.54) is 32.2 Å². The monoisotopic (exact) mass is 769 g/mol. The number of methoxy groups -OCH3 is 1. The van der Waals surface area contributed by atoms with E-state index >= 15 is 0 Å². The second-order valence-corrected chi connectivity index (χ2v) is 13.3. The first kappa shape index (κ1) is 41.4. The minimum Gasteiger partial charge on any atom is -0.547 e. The van der Waals surface area contributed by atoms with Gasteiger partial charge in [-0.25, -0.2) is 4.79 Å². The topological polar surface area (TPSA) is 308 Å². The summed E-state index contributed by atoms with van der Waals surface area (Å²) < 4.78 is 27.0. The van der Waals surface area contributed by atoms with Gasteiger partial charge < -0.3 is 74.6 Å². The van der Waals surface area contributed by atoms with Crippen LogP contribution in [0.15, 0.2) is 18.2 Å². The molecule has 0 spiro atoms. The number of benzene rings is 2. The molecule has 0 bridgehead atoms. The molecular weight excluding hydrogens is 733 g/mol. The molecule has 6 rings (SSSR count). The first-order valence-electron chi connectivity index (χ1n) is 16.4. The maximum absolute atomic E-state index is 13.9. The molecule has 54 heavy (non-hydrogen) atoms. The van der Waals surface area contributed by atoms with E-state index in [-0.39, 0.29) is 64.0 Å². The number of carboxylic acid groups (broad SMARTS) is 1. The Bertz CT molecular complexity index is 1890. The standard InChI is InChI=1S/C34H37NO18.Na/c1-10-22(37)14(35-33(47)53-32-29(44)27(42)28(43)30(52-32)31(45)46)7-17(50-10)51-16-9-34(48,11(2)36)8-13-19(16)26(41)21-20(24(13)39)23(38)12-5-4-6-15(49-3)18(12)25(21)40;/h4-6,10,14,16-17,22,27-30,32,37,39,41-44,48H,7-9H2,1-3H3,(H,35,47)(H,45,46);/q;+1/p-1/t10-,14-,16-,17-,22+,27-,28-,29+,30-,32-,34-;/m0./s1. The number of rotatable bonds is 7. The largest absolute Gasteiger partial charge is 1.00 e. The van der Waals surface area contributed by atoms with Gasteiger partial charge in [-0.05, 0) is 19.9 Å². The fraction of sp³-hybridized carbons (Fsp3) is 0.500. The van der Waals surface area contributed by atoms with E-state index in [9.17, 15) is 64.8 Å². The van der Waals surface area contributed by atoms with Crippen LogP contribution in [0.1, 0.15) is 75.8 Å². The van der Waals surface area contributed by atoms with Crippen molar-refractivity contribution >= 4 is 29.4 Å². The molecule has 0 unspecified atom stereocenters. The van der Waals surface area contributed by atoms with Gasteiger partial charge in [-0.1, -0.05) is 12.1 Å². The van der Waals surface area contributed by atoms with Gasteiger partial charge in [0.2, 0.25) is 12.1 Å². The molecule has 2 aromatic rings. The van der Waals surface area contributed by atoms with E-state index in [4.69, 9.17) is 23.7 Å². The number of carbonyl (C=O) groups is 5. The number of hydrogen-bond acceptors (Lipinski definition) is 18. The predicted octanol–water partition coefficient (Wildman–Crippen LogP) is -5.64. The summed E-state index contributed by atoms with van der Waals surface area (Å²) in [7, 11) is 1.28. The number of ketones is 3. The number of alkyl carbamates (subject to hydrolysis) is 1. The number of carboxylic acids is 1. The molecule has 2 aliphatic carbocycles. The fourth-order valence-electron chi connectivity index (χ4n) is 7.20. The number of fused-ring (bicyclic) bond motifs is 3. The van der Waals surface area contributed by atoms with Crippen molar-refractivity contribution in [3.8, 4) is 17.2 Å². The molecule has 2 fully saturated rings. The molecule has 2 aliphatic heterocycles. The van der Waals surface area contributed by atoms with E-state index in [1.807, 2.05) is 0 Å². The smallest absolute Gasteiger partial charge is 0.547 e. The number of aliphatic hydroxyl groups is 5. The Morgan fingerprint density at radius 3 is 2.24 bits per heavy atom. The Morgan fingerprint density at radius 1 is 0.944 bits per heavy atom. The minimum absolute atomic E-state index is 0. The first-order chi connectivity index (χ1) is 24.9. The second kappa shape index (κ2) is 15.4. The van der Waals surface area contributed by atoms with Crippen LogP contribution in [0.5, 0.6) is 17.2 Å². The quantitative estimate of drug-likeness (QED) is 0.0820. The molecule has 20 heteroatoms. The molecule has 286 valence electrons. The molecule has 2 heterocycles. The van der Waals surface area contributed by atoms with Crippen molar-refractivity contribution < 1.29 is 118 Å². The molecule has 19 nitrogen and oxygen atoms in total. The molecule has 2 saturated heterocycles. The molecule has 2 aromatic carbocycles. The normalized spacial score (nSPS) is 33.0. The van der Waals surface area contributed by atoms with E-state index in [1.54, 1.807) is 0 Å². The Labute approximate surface area is 327 Å². The van der Waals surface area contributed by atoms with Crippen molar-refractivity contribution in [3.63, 3.8) is 0 Å². The molecule has 8 N–H and O–H groups in total. The van der Waals surface area contributed by atoms with Crippen molar-refractivity contribution in [3.05, 3.63) is 51.6 Å². The number of ether oxygens (including phenoxy) is 5. The summed E-state index contributed by atoms with van der Waals surface area (Å²) in [6.07, 6.45) is -18.9. The molecule has 0 saturated carbocycles. The van der Waals surface area contributed by atoms with Crippen LogP contribution in [0.4, 0.5) is 4.79 Å². The van der Waals surface area contributed by atoms with Crippen LogP contribution >= 0.6 is 0 Å². The van der Waals surface area contributed by atoms with Gasteiger partial charge in [0.1, 0.15) is 53.4 Å². The van der Waals surface area contributed by atoms with Crippen LogP contribution in [-0.2, 0) is 35.0 Å². The third-order valence-corrected chi connectivity index (χ3v) is 10.1. The zero-order valence-electron chi connectivity index (χ0n) is 29.2. The van der Waals surface area contributed by atoms with Crippen LogP contribution in [0, 0.1) is 0 Å². The number of carbonyl (C=O) groups excluding carboxylic acids is 5. The van der Waals surface area contributed by atoms with Crippen LogP contribution in [0.25, 0.3) is 0 Å². The van der Waals surface area contributed by atoms with Gasteiger partial charge in [0.15, 0.2) is 17.9 Å². The van der Waals surface area contributed by atoms with Gasteiger partial charge in [-0.15, -0.1) is 0 Å². The molecular formula is C34H36NNaO18. The zero-order valence-corrected chi connectivity index (χ0v) is 31.2. The Kier molecular flexibility index (Phi) is 11.8. The van der Waals surface area contributed by atoms with E-state index in [0.29, 0.717) is 0 Å². The van der Waals surface area contributed by atoms with Crippen LogP contribution < -0.4 is 44.7 Å². The molecule has 1 amide bonds. The number of Topliss-reactive ketones (excluding diaryl/α,β-unsaturated/α-hetero) is 1. The van der Waals surface area contributed by atoms with Crippen LogP contribution in [0.3, 0.4) is 0 Å². The summed E-state index contributed by atoms with van der Waals surface area (Å²) in [4.78, 5) is 64.5. The number of nitrogens with one attached hydrogen (secondary N) is 1. The number of amides is 1. The minimum atomic E-state index is -2.21. The summed E-state index contributed by atoms with van der Waals surface area (Å²) in [6, 6.07) is 2.96. The third kappa shape index (κ3) is 6.98. The summed E-state index contributed by atoms with van der Waals surface area (Å²) in [6.45, 7) is 2.48. The van der Waals surface area contributed by atoms with Gasteiger partial charge in [-0.3, -0.25) is 14.4 Å². The molecule has 4 aliphatic rings. The third-order valence-electron chi connectivity index (χ3n) is 10.1. The molecule has 0 radical (unpaired) electrons. The van der Waals surface area contributed by atoms with E-state index < -0.39 is 132 Å². The van der Waals surface area contributed by atoms with Crippen molar-refractivity contribution in [2.75, 3.05) is 7.11 Å². The van der Waals surface area contributed by atoms with Crippen molar-refractivity contribution in [1.29, 1.82) is 0 Å². The van der Waals surface area contributed by atoms with Crippen molar-refractivity contribution in [2.24, 2.45) is 0 Å². The number of phenols is 2. The average molecular weight is 770 g/mol. The van der Waals surface area contributed by atoms with Crippen LogP contribution in [0.2, 0.25) is 0 Å². The maximum Gasteiger partial charge on any atom is 1.00 e. The van der Waals surface area contributed by atoms with E-state index in [0.717, 1.165) is 6.92 Å². The van der Waals surface area contributed by atoms with Crippen LogP contribution in [-0.4, -0.2) is 133 Å². The maximum atomic E-state index is 13.9. The number of aliphatic hydroxyl groups excluding tert-OH is 4.